The summed E-state index contributed by atoms with van der Waals surface area (Å²) >= 11 is 5.24. The molecule has 0 amide bonds. The standard InChI is InChI=1S/C7H11ClO3/c8-5-6(7(10)11)3-1-2-4-9/h5,9H,1-4H2,(H,10,11). The number of carboxylic acids is 1. The maximum atomic E-state index is 10.3. The Labute approximate surface area is 70.3 Å². The summed E-state index contributed by atoms with van der Waals surface area (Å²) in [7, 11) is 0. The van der Waals surface area contributed by atoms with Crippen molar-refractivity contribution in [2.24, 2.45) is 0 Å². The van der Waals surface area contributed by atoms with E-state index in [1.165, 1.54) is 0 Å². The lowest BCUT2D eigenvalue weighted by Crippen LogP contribution is -1.99. The number of halogens is 1. The van der Waals surface area contributed by atoms with Crippen molar-refractivity contribution >= 4 is 17.6 Å². The van der Waals surface area contributed by atoms with E-state index in [1.807, 2.05) is 0 Å². The molecule has 0 bridgehead atoms. The third kappa shape index (κ3) is 4.81. The van der Waals surface area contributed by atoms with Gasteiger partial charge < -0.3 is 10.2 Å². The lowest BCUT2D eigenvalue weighted by Gasteiger charge is -1.98. The molecule has 64 valence electrons. The Bertz CT molecular complexity index is 154. The molecule has 0 saturated carbocycles. The Kier molecular flexibility index (Phi) is 5.88. The summed E-state index contributed by atoms with van der Waals surface area (Å²) in [6, 6.07) is 0. The van der Waals surface area contributed by atoms with Gasteiger partial charge in [-0.15, -0.1) is 0 Å². The minimum absolute atomic E-state index is 0.0924. The van der Waals surface area contributed by atoms with Gasteiger partial charge in [0.25, 0.3) is 0 Å². The molecule has 0 spiro atoms. The van der Waals surface area contributed by atoms with E-state index in [2.05, 4.69) is 0 Å². The van der Waals surface area contributed by atoms with Crippen molar-refractivity contribution in [2.75, 3.05) is 6.61 Å². The Hall–Kier alpha value is -0.540. The normalized spacial score (nSPS) is 11.6. The van der Waals surface area contributed by atoms with E-state index in [4.69, 9.17) is 21.8 Å². The predicted octanol–water partition coefficient (Wildman–Crippen LogP) is 1.36. The van der Waals surface area contributed by atoms with Crippen LogP contribution in [-0.2, 0) is 4.79 Å². The molecule has 3 nitrogen and oxygen atoms in total. The molecule has 0 aromatic rings. The fourth-order valence-electron chi connectivity index (χ4n) is 0.635. The average molecular weight is 179 g/mol. The molecule has 0 heterocycles. The van der Waals surface area contributed by atoms with Gasteiger partial charge in [-0.2, -0.15) is 0 Å². The molecule has 0 radical (unpaired) electrons. The first kappa shape index (κ1) is 10.5. The van der Waals surface area contributed by atoms with Crippen LogP contribution < -0.4 is 0 Å². The maximum Gasteiger partial charge on any atom is 0.332 e. The van der Waals surface area contributed by atoms with Crippen LogP contribution in [0.5, 0.6) is 0 Å². The summed E-state index contributed by atoms with van der Waals surface area (Å²) in [5.41, 5.74) is 1.26. The van der Waals surface area contributed by atoms with Gasteiger partial charge in [0.1, 0.15) is 0 Å². The van der Waals surface area contributed by atoms with Crippen LogP contribution in [-0.4, -0.2) is 22.8 Å². The van der Waals surface area contributed by atoms with E-state index in [0.717, 1.165) is 5.54 Å². The maximum absolute atomic E-state index is 10.3. The van der Waals surface area contributed by atoms with E-state index in [0.29, 0.717) is 19.3 Å². The Morgan fingerprint density at radius 3 is 2.45 bits per heavy atom. The van der Waals surface area contributed by atoms with E-state index in [-0.39, 0.29) is 12.2 Å². The lowest BCUT2D eigenvalue weighted by atomic mass is 10.1. The van der Waals surface area contributed by atoms with Crippen LogP contribution in [0.25, 0.3) is 0 Å². The van der Waals surface area contributed by atoms with E-state index < -0.39 is 5.97 Å². The zero-order valence-electron chi connectivity index (χ0n) is 6.09. The summed E-state index contributed by atoms with van der Waals surface area (Å²) in [6.07, 6.45) is 1.68. The van der Waals surface area contributed by atoms with Gasteiger partial charge in [0, 0.05) is 17.7 Å². The van der Waals surface area contributed by atoms with Crippen LogP contribution in [0.4, 0.5) is 0 Å². The number of carboxylic acid groups (broad SMARTS) is 1. The molecular formula is C7H11ClO3. The van der Waals surface area contributed by atoms with Crippen molar-refractivity contribution in [3.05, 3.63) is 11.1 Å². The second-order valence-electron chi connectivity index (χ2n) is 2.12. The summed E-state index contributed by atoms with van der Waals surface area (Å²) in [5.74, 6) is -0.988. The first-order valence-electron chi connectivity index (χ1n) is 3.35. The number of aliphatic carboxylic acids is 1. The number of carbonyl (C=O) groups is 1. The fraction of sp³-hybridized carbons (Fsp3) is 0.571. The minimum atomic E-state index is -0.988. The van der Waals surface area contributed by atoms with Crippen LogP contribution in [0, 0.1) is 0 Å². The van der Waals surface area contributed by atoms with Crippen LogP contribution in [0.15, 0.2) is 11.1 Å². The average Bonchev–Trinajstić information content (AvgIpc) is 1.97. The van der Waals surface area contributed by atoms with Gasteiger partial charge >= 0.3 is 5.97 Å². The van der Waals surface area contributed by atoms with Gasteiger partial charge in [0.2, 0.25) is 0 Å². The van der Waals surface area contributed by atoms with Gasteiger partial charge in [-0.05, 0) is 19.3 Å². The molecule has 0 unspecified atom stereocenters. The highest BCUT2D eigenvalue weighted by atomic mass is 35.5. The molecule has 0 atom stereocenters. The molecule has 0 aliphatic carbocycles. The van der Waals surface area contributed by atoms with Crippen molar-refractivity contribution in [3.63, 3.8) is 0 Å². The van der Waals surface area contributed by atoms with E-state index >= 15 is 0 Å². The number of hydrogen-bond acceptors (Lipinski definition) is 2. The van der Waals surface area contributed by atoms with Crippen molar-refractivity contribution in [1.82, 2.24) is 0 Å². The second-order valence-corrected chi connectivity index (χ2v) is 2.34. The van der Waals surface area contributed by atoms with Crippen molar-refractivity contribution in [1.29, 1.82) is 0 Å². The lowest BCUT2D eigenvalue weighted by molar-refractivity contribution is -0.132. The number of aliphatic hydroxyl groups excluding tert-OH is 1. The number of rotatable bonds is 5. The molecule has 0 aliphatic heterocycles. The fourth-order valence-corrected chi connectivity index (χ4v) is 0.838. The quantitative estimate of drug-likeness (QED) is 0.494. The molecule has 4 heteroatoms. The predicted molar refractivity (Wildman–Crippen MR) is 42.5 cm³/mol. The third-order valence-electron chi connectivity index (χ3n) is 1.26. The van der Waals surface area contributed by atoms with Crippen LogP contribution in [0.1, 0.15) is 19.3 Å². The first-order valence-corrected chi connectivity index (χ1v) is 3.79. The topological polar surface area (TPSA) is 57.5 Å². The van der Waals surface area contributed by atoms with Gasteiger partial charge in [-0.1, -0.05) is 11.6 Å². The van der Waals surface area contributed by atoms with Crippen LogP contribution in [0.2, 0.25) is 0 Å². The van der Waals surface area contributed by atoms with Gasteiger partial charge in [0.05, 0.1) is 0 Å². The van der Waals surface area contributed by atoms with Crippen LogP contribution in [0.3, 0.4) is 0 Å². The number of hydrogen-bond donors (Lipinski definition) is 2. The highest BCUT2D eigenvalue weighted by molar-refractivity contribution is 6.27. The van der Waals surface area contributed by atoms with E-state index in [9.17, 15) is 4.79 Å². The van der Waals surface area contributed by atoms with Gasteiger partial charge in [0.15, 0.2) is 0 Å². The SMILES string of the molecule is O=C(O)C(=CCl)CCCCO. The summed E-state index contributed by atoms with van der Waals surface area (Å²) in [4.78, 5) is 10.3. The second kappa shape index (κ2) is 6.19. The third-order valence-corrected chi connectivity index (χ3v) is 1.52. The molecule has 0 rings (SSSR count). The summed E-state index contributed by atoms with van der Waals surface area (Å²) in [5, 5.41) is 16.8. The molecule has 0 saturated heterocycles. The number of aliphatic hydroxyl groups is 1. The molecule has 0 fully saturated rings. The molecule has 0 aromatic heterocycles. The first-order chi connectivity index (χ1) is 5.22. The highest BCUT2D eigenvalue weighted by Gasteiger charge is 2.04. The molecule has 2 N–H and O–H groups in total. The van der Waals surface area contributed by atoms with Crippen molar-refractivity contribution < 1.29 is 15.0 Å². The van der Waals surface area contributed by atoms with Crippen LogP contribution >= 0.6 is 11.6 Å². The highest BCUT2D eigenvalue weighted by Crippen LogP contribution is 2.08. The monoisotopic (exact) mass is 178 g/mol. The Balaban J connectivity index is 3.63. The molecule has 11 heavy (non-hydrogen) atoms. The smallest absolute Gasteiger partial charge is 0.332 e. The van der Waals surface area contributed by atoms with E-state index in [1.54, 1.807) is 0 Å². The van der Waals surface area contributed by atoms with Gasteiger partial charge in [-0.3, -0.25) is 0 Å². The number of unbranched alkanes of at least 4 members (excludes halogenated alkanes) is 1. The molecule has 0 aromatic carbocycles. The zero-order chi connectivity index (χ0) is 8.69. The Morgan fingerprint density at radius 1 is 1.45 bits per heavy atom. The summed E-state index contributed by atoms with van der Waals surface area (Å²) in [6.45, 7) is 0.0924. The van der Waals surface area contributed by atoms with Gasteiger partial charge in [-0.25, -0.2) is 4.79 Å². The minimum Gasteiger partial charge on any atom is -0.478 e. The van der Waals surface area contributed by atoms with Crippen molar-refractivity contribution in [3.8, 4) is 0 Å². The van der Waals surface area contributed by atoms with Crippen molar-refractivity contribution in [2.45, 2.75) is 19.3 Å². The largest absolute Gasteiger partial charge is 0.478 e. The molecular weight excluding hydrogens is 168 g/mol. The summed E-state index contributed by atoms with van der Waals surface area (Å²) < 4.78 is 0. The molecule has 0 aliphatic rings. The Morgan fingerprint density at radius 2 is 2.09 bits per heavy atom. The zero-order valence-corrected chi connectivity index (χ0v) is 6.84.